The first-order valence-corrected chi connectivity index (χ1v) is 11.4. The number of nitrogens with zero attached hydrogens (tertiary/aromatic N) is 2. The number of anilines is 2. The molecule has 1 aromatic heterocycles. The summed E-state index contributed by atoms with van der Waals surface area (Å²) in [5.41, 5.74) is 19.3. The zero-order valence-corrected chi connectivity index (χ0v) is 19.9. The Bertz CT molecular complexity index is 1340. The smallest absolute Gasteiger partial charge is 0.190 e. The lowest BCUT2D eigenvalue weighted by Gasteiger charge is -2.19. The van der Waals surface area contributed by atoms with Crippen molar-refractivity contribution in [3.05, 3.63) is 113 Å². The second kappa shape index (κ2) is 10.3. The molecule has 2 aromatic carbocycles. The number of hydrogen-bond acceptors (Lipinski definition) is 7. The van der Waals surface area contributed by atoms with Gasteiger partial charge in [-0.25, -0.2) is 9.97 Å². The average Bonchev–Trinajstić information content (AvgIpc) is 2.83. The van der Waals surface area contributed by atoms with E-state index in [0.29, 0.717) is 29.2 Å². The molecule has 1 heterocycles. The van der Waals surface area contributed by atoms with Gasteiger partial charge >= 0.3 is 0 Å². The van der Waals surface area contributed by atoms with Gasteiger partial charge in [0.2, 0.25) is 0 Å². The Kier molecular flexibility index (Phi) is 6.96. The number of fused-ring (bicyclic) bond motifs is 1. The standard InChI is InChI=1S/C28H30N6O/c1-4-5-24(29)35-23-11-10-22(13-18(23)3)26(30)25-27(31)33-16-34-28(25)32-15-19-7-9-20-12-17(2)6-8-21(20)14-19/h4-5,7,9-11,13-14,16,30H,1-2,6,8,12,15,29H2,3H3,(H3,31,32,33,34)/b24-5+,30-26?. The summed E-state index contributed by atoms with van der Waals surface area (Å²) >= 11 is 0. The summed E-state index contributed by atoms with van der Waals surface area (Å²) in [5.74, 6) is 1.60. The number of nitrogens with two attached hydrogens (primary N) is 2. The summed E-state index contributed by atoms with van der Waals surface area (Å²) in [6.45, 7) is 10.2. The van der Waals surface area contributed by atoms with Gasteiger partial charge in [0.25, 0.3) is 0 Å². The predicted molar refractivity (Wildman–Crippen MR) is 142 cm³/mol. The molecule has 4 rings (SSSR count). The van der Waals surface area contributed by atoms with E-state index in [9.17, 15) is 0 Å². The Labute approximate surface area is 205 Å². The van der Waals surface area contributed by atoms with Crippen molar-refractivity contribution in [3.8, 4) is 5.75 Å². The van der Waals surface area contributed by atoms with Crippen molar-refractivity contribution in [2.75, 3.05) is 11.1 Å². The van der Waals surface area contributed by atoms with E-state index in [4.69, 9.17) is 21.6 Å². The van der Waals surface area contributed by atoms with Gasteiger partial charge < -0.3 is 21.5 Å². The van der Waals surface area contributed by atoms with Crippen LogP contribution in [0.3, 0.4) is 0 Å². The van der Waals surface area contributed by atoms with Crippen molar-refractivity contribution in [2.24, 2.45) is 5.73 Å². The van der Waals surface area contributed by atoms with Gasteiger partial charge in [-0.3, -0.25) is 5.41 Å². The van der Waals surface area contributed by atoms with Crippen LogP contribution in [0, 0.1) is 12.3 Å². The van der Waals surface area contributed by atoms with Crippen LogP contribution >= 0.6 is 0 Å². The monoisotopic (exact) mass is 466 g/mol. The Balaban J connectivity index is 1.55. The molecule has 0 saturated carbocycles. The highest BCUT2D eigenvalue weighted by Crippen LogP contribution is 2.28. The van der Waals surface area contributed by atoms with E-state index in [1.54, 1.807) is 24.3 Å². The van der Waals surface area contributed by atoms with Crippen LogP contribution in [0.2, 0.25) is 0 Å². The zero-order chi connectivity index (χ0) is 24.9. The Morgan fingerprint density at radius 2 is 2.00 bits per heavy atom. The lowest BCUT2D eigenvalue weighted by molar-refractivity contribution is 0.417. The number of allylic oxidation sites excluding steroid dienone is 3. The number of nitrogens with one attached hydrogen (secondary N) is 2. The molecule has 0 amide bonds. The van der Waals surface area contributed by atoms with Crippen LogP contribution in [0.5, 0.6) is 5.75 Å². The topological polar surface area (TPSA) is 123 Å². The maximum absolute atomic E-state index is 8.86. The van der Waals surface area contributed by atoms with Crippen LogP contribution in [-0.2, 0) is 19.4 Å². The van der Waals surface area contributed by atoms with E-state index in [-0.39, 0.29) is 17.4 Å². The first-order valence-electron chi connectivity index (χ1n) is 11.4. The Hall–Kier alpha value is -4.39. The fourth-order valence-electron chi connectivity index (χ4n) is 4.17. The van der Waals surface area contributed by atoms with Gasteiger partial charge in [-0.2, -0.15) is 0 Å². The van der Waals surface area contributed by atoms with Gasteiger partial charge in [0.05, 0.1) is 11.3 Å². The fraction of sp³-hybridized carbons (Fsp3) is 0.179. The van der Waals surface area contributed by atoms with Crippen molar-refractivity contribution >= 4 is 17.3 Å². The molecule has 7 heteroatoms. The molecule has 0 radical (unpaired) electrons. The molecule has 0 fully saturated rings. The number of benzene rings is 2. The highest BCUT2D eigenvalue weighted by Gasteiger charge is 2.18. The summed E-state index contributed by atoms with van der Waals surface area (Å²) in [6, 6.07) is 12.0. The normalized spacial score (nSPS) is 13.2. The quantitative estimate of drug-likeness (QED) is 0.164. The van der Waals surface area contributed by atoms with Gasteiger partial charge in [0.15, 0.2) is 5.88 Å². The van der Waals surface area contributed by atoms with Crippen molar-refractivity contribution in [3.63, 3.8) is 0 Å². The first kappa shape index (κ1) is 23.8. The number of aromatic nitrogens is 2. The minimum Gasteiger partial charge on any atom is -0.441 e. The summed E-state index contributed by atoms with van der Waals surface area (Å²) in [6.07, 6.45) is 7.55. The minimum absolute atomic E-state index is 0.221. The van der Waals surface area contributed by atoms with Gasteiger partial charge in [0, 0.05) is 12.1 Å². The molecule has 0 aliphatic heterocycles. The molecule has 35 heavy (non-hydrogen) atoms. The van der Waals surface area contributed by atoms with Crippen LogP contribution < -0.4 is 21.5 Å². The summed E-state index contributed by atoms with van der Waals surface area (Å²) in [5, 5.41) is 12.2. The second-order valence-corrected chi connectivity index (χ2v) is 8.63. The summed E-state index contributed by atoms with van der Waals surface area (Å²) in [4.78, 5) is 8.51. The Morgan fingerprint density at radius 1 is 1.17 bits per heavy atom. The van der Waals surface area contributed by atoms with Gasteiger partial charge in [-0.15, -0.1) is 0 Å². The van der Waals surface area contributed by atoms with Crippen LogP contribution in [-0.4, -0.2) is 15.7 Å². The van der Waals surface area contributed by atoms with Gasteiger partial charge in [0.1, 0.15) is 23.7 Å². The molecular formula is C28H30N6O. The maximum atomic E-state index is 8.86. The van der Waals surface area contributed by atoms with Crippen molar-refractivity contribution in [1.82, 2.24) is 9.97 Å². The molecule has 3 aromatic rings. The molecule has 6 N–H and O–H groups in total. The molecular weight excluding hydrogens is 436 g/mol. The second-order valence-electron chi connectivity index (χ2n) is 8.63. The number of rotatable bonds is 8. The van der Waals surface area contributed by atoms with E-state index in [2.05, 4.69) is 46.6 Å². The molecule has 0 atom stereocenters. The van der Waals surface area contributed by atoms with E-state index in [0.717, 1.165) is 30.4 Å². The number of nitrogen functional groups attached to an aromatic ring is 1. The number of hydrogen-bond donors (Lipinski definition) is 4. The fourth-order valence-corrected chi connectivity index (χ4v) is 4.17. The van der Waals surface area contributed by atoms with Crippen molar-refractivity contribution in [1.29, 1.82) is 5.41 Å². The molecule has 1 aliphatic rings. The summed E-state index contributed by atoms with van der Waals surface area (Å²) < 4.78 is 5.64. The zero-order valence-electron chi connectivity index (χ0n) is 19.9. The molecule has 1 aliphatic carbocycles. The summed E-state index contributed by atoms with van der Waals surface area (Å²) in [7, 11) is 0. The number of ether oxygens (including phenoxy) is 1. The molecule has 0 unspecified atom stereocenters. The molecule has 0 spiro atoms. The van der Waals surface area contributed by atoms with Crippen LogP contribution in [0.15, 0.2) is 79.5 Å². The molecule has 178 valence electrons. The third kappa shape index (κ3) is 5.41. The third-order valence-corrected chi connectivity index (χ3v) is 6.02. The highest BCUT2D eigenvalue weighted by atomic mass is 16.5. The Morgan fingerprint density at radius 3 is 2.77 bits per heavy atom. The van der Waals surface area contributed by atoms with E-state index in [1.165, 1.54) is 23.0 Å². The largest absolute Gasteiger partial charge is 0.441 e. The molecule has 0 bridgehead atoms. The lowest BCUT2D eigenvalue weighted by atomic mass is 9.88. The van der Waals surface area contributed by atoms with E-state index < -0.39 is 0 Å². The predicted octanol–water partition coefficient (Wildman–Crippen LogP) is 4.81. The van der Waals surface area contributed by atoms with Gasteiger partial charge in [-0.05, 0) is 72.7 Å². The van der Waals surface area contributed by atoms with Crippen LogP contribution in [0.25, 0.3) is 0 Å². The maximum Gasteiger partial charge on any atom is 0.190 e. The number of aryl methyl sites for hydroxylation is 2. The SMILES string of the molecule is C=C/C=C(\N)Oc1ccc(C(=N)c2c(N)ncnc2NCc2ccc3c(c2)CCC(=C)C3)cc1C. The average molecular weight is 467 g/mol. The minimum atomic E-state index is 0.221. The van der Waals surface area contributed by atoms with Crippen LogP contribution in [0.4, 0.5) is 11.6 Å². The first-order chi connectivity index (χ1) is 16.9. The molecule has 0 saturated heterocycles. The van der Waals surface area contributed by atoms with E-state index in [1.807, 2.05) is 13.0 Å². The van der Waals surface area contributed by atoms with Gasteiger partial charge in [-0.1, -0.05) is 43.0 Å². The third-order valence-electron chi connectivity index (χ3n) is 6.02. The lowest BCUT2D eigenvalue weighted by Crippen LogP contribution is -2.14. The van der Waals surface area contributed by atoms with E-state index >= 15 is 0 Å². The highest BCUT2D eigenvalue weighted by molar-refractivity contribution is 6.16. The molecule has 7 nitrogen and oxygen atoms in total. The van der Waals surface area contributed by atoms with Crippen molar-refractivity contribution < 1.29 is 4.74 Å². The van der Waals surface area contributed by atoms with Crippen LogP contribution in [0.1, 0.15) is 39.8 Å². The van der Waals surface area contributed by atoms with Crippen molar-refractivity contribution in [2.45, 2.75) is 32.7 Å².